The Morgan fingerprint density at radius 2 is 1.30 bits per heavy atom. The lowest BCUT2D eigenvalue weighted by Gasteiger charge is -2.48. The lowest BCUT2D eigenvalue weighted by atomic mass is 9.59. The summed E-state index contributed by atoms with van der Waals surface area (Å²) < 4.78 is 12.4. The molecule has 4 heteroatoms. The zero-order valence-corrected chi connectivity index (χ0v) is 37.0. The molecular weight excluding hydrogens is 767 g/mol. The second kappa shape index (κ2) is 14.3. The van der Waals surface area contributed by atoms with Crippen molar-refractivity contribution in [2.75, 3.05) is 4.90 Å². The fourth-order valence-electron chi connectivity index (χ4n) is 12.9. The summed E-state index contributed by atoms with van der Waals surface area (Å²) in [5.74, 6) is 1.62. The number of para-hydroxylation sites is 5. The minimum atomic E-state index is -0.0976. The van der Waals surface area contributed by atoms with Crippen LogP contribution in [0.25, 0.3) is 50.2 Å². The predicted octanol–water partition coefficient (Wildman–Crippen LogP) is 14.4. The molecule has 0 radical (unpaired) electrons. The first-order chi connectivity index (χ1) is 30.7. The Bertz CT molecular complexity index is 3180. The van der Waals surface area contributed by atoms with Crippen LogP contribution < -0.4 is 9.64 Å². The molecule has 0 fully saturated rings. The number of anilines is 1. The Morgan fingerprint density at radius 1 is 0.667 bits per heavy atom. The third kappa shape index (κ3) is 5.52. The van der Waals surface area contributed by atoms with Crippen LogP contribution in [0.3, 0.4) is 0 Å². The Balaban J connectivity index is 1.06. The number of benzene rings is 6. The molecule has 4 aliphatic rings. The average molecular weight is 822 g/mol. The first-order valence-electron chi connectivity index (χ1n) is 23.1. The third-order valence-corrected chi connectivity index (χ3v) is 16.2. The molecule has 0 saturated carbocycles. The van der Waals surface area contributed by atoms with E-state index in [0.29, 0.717) is 5.92 Å². The summed E-state index contributed by atoms with van der Waals surface area (Å²) >= 11 is 0. The number of ether oxygens (including phenoxy) is 1. The lowest BCUT2D eigenvalue weighted by Crippen LogP contribution is -2.53. The van der Waals surface area contributed by atoms with Crippen molar-refractivity contribution >= 4 is 44.5 Å². The van der Waals surface area contributed by atoms with Gasteiger partial charge in [0.1, 0.15) is 11.9 Å². The van der Waals surface area contributed by atoms with Crippen LogP contribution in [-0.2, 0) is 6.42 Å². The van der Waals surface area contributed by atoms with Crippen molar-refractivity contribution in [3.8, 4) is 17.1 Å². The number of fused-ring (bicyclic) bond motifs is 7. The summed E-state index contributed by atoms with van der Waals surface area (Å²) in [5, 5.41) is 3.85. The van der Waals surface area contributed by atoms with E-state index in [1.807, 2.05) is 0 Å². The Kier molecular flexibility index (Phi) is 8.64. The quantitative estimate of drug-likeness (QED) is 0.160. The summed E-state index contributed by atoms with van der Waals surface area (Å²) in [4.78, 5) is 2.74. The van der Waals surface area contributed by atoms with Gasteiger partial charge in [0.15, 0.2) is 0 Å². The summed E-state index contributed by atoms with van der Waals surface area (Å²) in [5.41, 5.74) is 14.4. The zero-order chi connectivity index (χ0) is 42.6. The Hall–Kier alpha value is -6.52. The van der Waals surface area contributed by atoms with Gasteiger partial charge in [0.05, 0.1) is 28.6 Å². The molecule has 6 unspecified atom stereocenters. The van der Waals surface area contributed by atoms with Crippen molar-refractivity contribution in [2.24, 2.45) is 16.7 Å². The summed E-state index contributed by atoms with van der Waals surface area (Å²) in [7, 11) is 0. The van der Waals surface area contributed by atoms with Gasteiger partial charge < -0.3 is 18.8 Å². The minimum absolute atomic E-state index is 0.00370. The van der Waals surface area contributed by atoms with E-state index in [1.54, 1.807) is 11.1 Å². The number of allylic oxidation sites excluding steroid dienone is 4. The summed E-state index contributed by atoms with van der Waals surface area (Å²) in [6.07, 6.45) is 12.8. The van der Waals surface area contributed by atoms with E-state index in [-0.39, 0.29) is 34.9 Å². The fourth-order valence-corrected chi connectivity index (χ4v) is 12.9. The highest BCUT2D eigenvalue weighted by atomic mass is 16.5. The van der Waals surface area contributed by atoms with Gasteiger partial charge in [-0.05, 0) is 109 Å². The number of aromatic nitrogens is 2. The van der Waals surface area contributed by atoms with Gasteiger partial charge in [-0.25, -0.2) is 0 Å². The molecule has 63 heavy (non-hydrogen) atoms. The molecule has 3 aliphatic carbocycles. The van der Waals surface area contributed by atoms with Crippen LogP contribution in [0.4, 0.5) is 5.69 Å². The average Bonchev–Trinajstić information content (AvgIpc) is 4.03. The number of rotatable bonds is 7. The smallest absolute Gasteiger partial charge is 0.126 e. The molecule has 0 N–H and O–H groups in total. The summed E-state index contributed by atoms with van der Waals surface area (Å²) in [6, 6.07) is 55.8. The maximum absolute atomic E-state index is 7.46. The largest absolute Gasteiger partial charge is 0.487 e. The van der Waals surface area contributed by atoms with Crippen molar-refractivity contribution in [1.82, 2.24) is 9.13 Å². The minimum Gasteiger partial charge on any atom is -0.487 e. The van der Waals surface area contributed by atoms with Crippen molar-refractivity contribution in [3.63, 3.8) is 0 Å². The molecule has 312 valence electrons. The van der Waals surface area contributed by atoms with Gasteiger partial charge in [0.2, 0.25) is 0 Å². The van der Waals surface area contributed by atoms with E-state index >= 15 is 0 Å². The maximum Gasteiger partial charge on any atom is 0.126 e. The van der Waals surface area contributed by atoms with Crippen molar-refractivity contribution in [1.29, 1.82) is 0 Å². The van der Waals surface area contributed by atoms with Crippen molar-refractivity contribution < 1.29 is 4.74 Å². The zero-order valence-electron chi connectivity index (χ0n) is 37.0. The van der Waals surface area contributed by atoms with Gasteiger partial charge in [0, 0.05) is 55.8 Å². The van der Waals surface area contributed by atoms with E-state index in [0.717, 1.165) is 25.0 Å². The van der Waals surface area contributed by atoms with Crippen LogP contribution in [-0.4, -0.2) is 27.3 Å². The SMILES string of the molecule is CC(C1Oc2ccccc2C1C1(C)C2=C(C=CCC2)C(C)(C)C1C)N(c1ccc2c3ccccc3n(-c3ccccc3)c2c1)C1C=Cc2c(c3ccccc3n2-c2ccccc2)C1. The molecule has 0 spiro atoms. The van der Waals surface area contributed by atoms with Crippen molar-refractivity contribution in [3.05, 3.63) is 198 Å². The lowest BCUT2D eigenvalue weighted by molar-refractivity contribution is 0.0692. The standard InChI is InChI=1S/C59H55N3O/c1-38(57-56(47-26-14-19-31-55(47)63-57)59(5)39(2)58(3,4)49-27-15-16-28-50(49)59)60(42-33-35-53-48(36-42)45-25-13-18-30-52(45)61(53)40-20-8-6-9-21-40)43-32-34-46-44-24-12-17-29-51(44)62(54(46)37-43)41-22-10-7-11-23-41/h6-15,17-27,29-35,37-39,42,56-57H,16,28,36H2,1-5H3. The normalized spacial score (nSPS) is 23.8. The molecule has 8 aromatic rings. The molecule has 4 nitrogen and oxygen atoms in total. The van der Waals surface area contributed by atoms with Crippen LogP contribution >= 0.6 is 0 Å². The first kappa shape index (κ1) is 38.2. The first-order valence-corrected chi connectivity index (χ1v) is 23.1. The third-order valence-electron chi connectivity index (χ3n) is 16.2. The van der Waals surface area contributed by atoms with Gasteiger partial charge in [-0.3, -0.25) is 0 Å². The second-order valence-electron chi connectivity index (χ2n) is 19.4. The molecular formula is C59H55N3O. The molecule has 12 rings (SSSR count). The van der Waals surface area contributed by atoms with E-state index in [9.17, 15) is 0 Å². The molecule has 0 bridgehead atoms. The van der Waals surface area contributed by atoms with E-state index in [1.165, 1.54) is 66.6 Å². The van der Waals surface area contributed by atoms with Crippen LogP contribution in [0.15, 0.2) is 181 Å². The topological polar surface area (TPSA) is 22.3 Å². The molecule has 0 saturated heterocycles. The van der Waals surface area contributed by atoms with E-state index in [4.69, 9.17) is 4.74 Å². The monoisotopic (exact) mass is 821 g/mol. The van der Waals surface area contributed by atoms with Crippen LogP contribution in [0.1, 0.15) is 70.2 Å². The van der Waals surface area contributed by atoms with Crippen LogP contribution in [0, 0.1) is 16.7 Å². The number of hydrogen-bond donors (Lipinski definition) is 0. The second-order valence-corrected chi connectivity index (χ2v) is 19.4. The highest BCUT2D eigenvalue weighted by molar-refractivity contribution is 6.10. The molecule has 6 atom stereocenters. The molecule has 6 aromatic carbocycles. The molecule has 1 aliphatic heterocycles. The predicted molar refractivity (Wildman–Crippen MR) is 263 cm³/mol. The fraction of sp³-hybridized carbons (Fsp3) is 0.254. The van der Waals surface area contributed by atoms with Gasteiger partial charge in [0.25, 0.3) is 0 Å². The van der Waals surface area contributed by atoms with Gasteiger partial charge in [-0.1, -0.05) is 149 Å². The maximum atomic E-state index is 7.46. The highest BCUT2D eigenvalue weighted by Gasteiger charge is 2.60. The number of hydrogen-bond acceptors (Lipinski definition) is 2. The summed E-state index contributed by atoms with van der Waals surface area (Å²) in [6.45, 7) is 12.5. The molecule has 0 amide bonds. The van der Waals surface area contributed by atoms with E-state index < -0.39 is 0 Å². The Morgan fingerprint density at radius 3 is 2.06 bits per heavy atom. The highest BCUT2D eigenvalue weighted by Crippen LogP contribution is 2.67. The van der Waals surface area contributed by atoms with Gasteiger partial charge >= 0.3 is 0 Å². The Labute approximate surface area is 371 Å². The number of nitrogens with zero attached hydrogens (tertiary/aromatic N) is 3. The molecule has 2 aromatic heterocycles. The van der Waals surface area contributed by atoms with Gasteiger partial charge in [-0.2, -0.15) is 0 Å². The molecule has 3 heterocycles. The van der Waals surface area contributed by atoms with Crippen molar-refractivity contribution in [2.45, 2.75) is 78.0 Å². The van der Waals surface area contributed by atoms with Crippen LogP contribution in [0.5, 0.6) is 5.75 Å². The van der Waals surface area contributed by atoms with E-state index in [2.05, 4.69) is 225 Å². The van der Waals surface area contributed by atoms with Gasteiger partial charge in [-0.15, -0.1) is 0 Å². The van der Waals surface area contributed by atoms with Crippen LogP contribution in [0.2, 0.25) is 0 Å².